The van der Waals surface area contributed by atoms with E-state index < -0.39 is 17.5 Å². The Morgan fingerprint density at radius 2 is 2.06 bits per heavy atom. The summed E-state index contributed by atoms with van der Waals surface area (Å²) >= 11 is 1.44. The Morgan fingerprint density at radius 1 is 1.29 bits per heavy atom. The van der Waals surface area contributed by atoms with Crippen LogP contribution < -0.4 is 5.32 Å². The monoisotopic (exact) mass is 260 g/mol. The first kappa shape index (κ1) is 12.3. The van der Waals surface area contributed by atoms with Gasteiger partial charge in [-0.3, -0.25) is 4.99 Å². The van der Waals surface area contributed by atoms with E-state index in [1.54, 1.807) is 0 Å². The van der Waals surface area contributed by atoms with Crippen LogP contribution in [0.3, 0.4) is 0 Å². The standard InChI is InChI=1S/C11H11F3N2S/c1-6-4-5-17-11(15-6)16-8-3-2-7(12)9(13)10(8)14/h2-3,6H,4-5H2,1H3,(H,15,16). The van der Waals surface area contributed by atoms with E-state index >= 15 is 0 Å². The van der Waals surface area contributed by atoms with E-state index in [1.165, 1.54) is 11.8 Å². The van der Waals surface area contributed by atoms with E-state index in [2.05, 4.69) is 10.3 Å². The van der Waals surface area contributed by atoms with Crippen LogP contribution in [-0.4, -0.2) is 17.0 Å². The first-order valence-corrected chi connectivity index (χ1v) is 6.17. The first-order valence-electron chi connectivity index (χ1n) is 5.19. The van der Waals surface area contributed by atoms with Crippen LogP contribution in [0.4, 0.5) is 18.9 Å². The minimum absolute atomic E-state index is 0.0933. The number of amidine groups is 1. The second-order valence-corrected chi connectivity index (χ2v) is 4.85. The summed E-state index contributed by atoms with van der Waals surface area (Å²) in [5.41, 5.74) is -0.0933. The molecule has 0 spiro atoms. The third-order valence-electron chi connectivity index (χ3n) is 2.39. The molecule has 0 amide bonds. The van der Waals surface area contributed by atoms with Crippen molar-refractivity contribution >= 4 is 22.6 Å². The Morgan fingerprint density at radius 3 is 2.76 bits per heavy atom. The lowest BCUT2D eigenvalue weighted by Gasteiger charge is -2.18. The van der Waals surface area contributed by atoms with Crippen molar-refractivity contribution in [1.82, 2.24) is 0 Å². The molecule has 0 fully saturated rings. The molecule has 1 aliphatic rings. The topological polar surface area (TPSA) is 24.4 Å². The largest absolute Gasteiger partial charge is 0.332 e. The van der Waals surface area contributed by atoms with Crippen LogP contribution in [0.5, 0.6) is 0 Å². The number of thioether (sulfide) groups is 1. The highest BCUT2D eigenvalue weighted by Crippen LogP contribution is 2.23. The van der Waals surface area contributed by atoms with Crippen LogP contribution in [0.2, 0.25) is 0 Å². The lowest BCUT2D eigenvalue weighted by atomic mass is 10.3. The quantitative estimate of drug-likeness (QED) is 0.783. The van der Waals surface area contributed by atoms with Gasteiger partial charge in [0.2, 0.25) is 0 Å². The second-order valence-electron chi connectivity index (χ2n) is 3.77. The number of halogens is 3. The van der Waals surface area contributed by atoms with Gasteiger partial charge in [-0.2, -0.15) is 0 Å². The minimum Gasteiger partial charge on any atom is -0.332 e. The van der Waals surface area contributed by atoms with Crippen LogP contribution in [-0.2, 0) is 0 Å². The molecule has 1 aromatic rings. The molecule has 0 radical (unpaired) electrons. The van der Waals surface area contributed by atoms with Gasteiger partial charge in [0.25, 0.3) is 0 Å². The molecule has 2 nitrogen and oxygen atoms in total. The van der Waals surface area contributed by atoms with Crippen molar-refractivity contribution in [2.75, 3.05) is 11.1 Å². The lowest BCUT2D eigenvalue weighted by molar-refractivity contribution is 0.449. The molecule has 0 bridgehead atoms. The van der Waals surface area contributed by atoms with Crippen molar-refractivity contribution in [2.45, 2.75) is 19.4 Å². The fraction of sp³-hybridized carbons (Fsp3) is 0.364. The third kappa shape index (κ3) is 2.74. The number of anilines is 1. The fourth-order valence-electron chi connectivity index (χ4n) is 1.43. The molecule has 17 heavy (non-hydrogen) atoms. The number of benzene rings is 1. The summed E-state index contributed by atoms with van der Waals surface area (Å²) in [6.07, 6.45) is 0.954. The van der Waals surface area contributed by atoms with E-state index in [0.717, 1.165) is 24.3 Å². The molecular weight excluding hydrogens is 249 g/mol. The summed E-state index contributed by atoms with van der Waals surface area (Å²) in [6, 6.07) is 2.21. The molecule has 1 heterocycles. The second kappa shape index (κ2) is 5.00. The zero-order valence-electron chi connectivity index (χ0n) is 9.14. The summed E-state index contributed by atoms with van der Waals surface area (Å²) in [5.74, 6) is -3.01. The Kier molecular flexibility index (Phi) is 3.61. The van der Waals surface area contributed by atoms with E-state index in [4.69, 9.17) is 0 Å². The molecule has 0 saturated heterocycles. The minimum atomic E-state index is -1.47. The normalized spacial score (nSPS) is 20.0. The third-order valence-corrected chi connectivity index (χ3v) is 3.31. The predicted molar refractivity (Wildman–Crippen MR) is 63.9 cm³/mol. The van der Waals surface area contributed by atoms with Gasteiger partial charge in [0, 0.05) is 5.75 Å². The summed E-state index contributed by atoms with van der Waals surface area (Å²) in [4.78, 5) is 4.26. The van der Waals surface area contributed by atoms with Crippen LogP contribution in [0.15, 0.2) is 17.1 Å². The molecule has 1 aliphatic heterocycles. The Bertz CT molecular complexity index is 462. The van der Waals surface area contributed by atoms with Gasteiger partial charge in [0.1, 0.15) is 0 Å². The van der Waals surface area contributed by atoms with Gasteiger partial charge in [-0.1, -0.05) is 11.8 Å². The zero-order valence-corrected chi connectivity index (χ0v) is 9.95. The molecule has 2 rings (SSSR count). The van der Waals surface area contributed by atoms with Crippen molar-refractivity contribution in [3.8, 4) is 0 Å². The average molecular weight is 260 g/mol. The van der Waals surface area contributed by atoms with E-state index in [-0.39, 0.29) is 11.7 Å². The van der Waals surface area contributed by atoms with Gasteiger partial charge in [-0.15, -0.1) is 0 Å². The molecular formula is C11H11F3N2S. The molecule has 1 atom stereocenters. The van der Waals surface area contributed by atoms with Gasteiger partial charge in [0.05, 0.1) is 11.7 Å². The maximum absolute atomic E-state index is 13.4. The van der Waals surface area contributed by atoms with Gasteiger partial charge in [-0.05, 0) is 25.5 Å². The number of aliphatic imine (C=N–C) groups is 1. The maximum atomic E-state index is 13.4. The van der Waals surface area contributed by atoms with Crippen LogP contribution in [0, 0.1) is 17.5 Å². The number of hydrogen-bond acceptors (Lipinski definition) is 3. The van der Waals surface area contributed by atoms with E-state index in [1.807, 2.05) is 6.92 Å². The van der Waals surface area contributed by atoms with E-state index in [0.29, 0.717) is 5.17 Å². The van der Waals surface area contributed by atoms with E-state index in [9.17, 15) is 13.2 Å². The van der Waals surface area contributed by atoms with Crippen molar-refractivity contribution in [3.05, 3.63) is 29.6 Å². The number of nitrogens with zero attached hydrogens (tertiary/aromatic N) is 1. The lowest BCUT2D eigenvalue weighted by Crippen LogP contribution is -2.18. The highest BCUT2D eigenvalue weighted by Gasteiger charge is 2.17. The summed E-state index contributed by atoms with van der Waals surface area (Å²) < 4.78 is 39.1. The Hall–Kier alpha value is -1.17. The fourth-order valence-corrected chi connectivity index (χ4v) is 2.52. The number of nitrogens with one attached hydrogen (secondary N) is 1. The predicted octanol–water partition coefficient (Wildman–Crippen LogP) is 3.40. The molecule has 0 saturated carbocycles. The van der Waals surface area contributed by atoms with Gasteiger partial charge >= 0.3 is 0 Å². The molecule has 92 valence electrons. The molecule has 1 aromatic carbocycles. The Balaban J connectivity index is 2.22. The molecule has 6 heteroatoms. The maximum Gasteiger partial charge on any atom is 0.196 e. The highest BCUT2D eigenvalue weighted by atomic mass is 32.2. The van der Waals surface area contributed by atoms with Crippen molar-refractivity contribution in [2.24, 2.45) is 4.99 Å². The van der Waals surface area contributed by atoms with Crippen LogP contribution >= 0.6 is 11.8 Å². The van der Waals surface area contributed by atoms with Gasteiger partial charge in [-0.25, -0.2) is 13.2 Å². The molecule has 0 aliphatic carbocycles. The zero-order chi connectivity index (χ0) is 12.4. The summed E-state index contributed by atoms with van der Waals surface area (Å²) in [5, 5.41) is 3.21. The molecule has 0 aromatic heterocycles. The van der Waals surface area contributed by atoms with Crippen LogP contribution in [0.1, 0.15) is 13.3 Å². The van der Waals surface area contributed by atoms with Crippen LogP contribution in [0.25, 0.3) is 0 Å². The first-order chi connectivity index (χ1) is 8.08. The number of rotatable bonds is 1. The molecule has 1 N–H and O–H groups in total. The van der Waals surface area contributed by atoms with Gasteiger partial charge < -0.3 is 5.32 Å². The average Bonchev–Trinajstić information content (AvgIpc) is 2.30. The SMILES string of the molecule is CC1CCSC(Nc2ccc(F)c(F)c2F)=N1. The van der Waals surface area contributed by atoms with Crippen molar-refractivity contribution < 1.29 is 13.2 Å². The summed E-state index contributed by atoms with van der Waals surface area (Å²) in [6.45, 7) is 1.95. The summed E-state index contributed by atoms with van der Waals surface area (Å²) in [7, 11) is 0. The number of hydrogen-bond donors (Lipinski definition) is 1. The molecule has 1 unspecified atom stereocenters. The van der Waals surface area contributed by atoms with Crippen molar-refractivity contribution in [1.29, 1.82) is 0 Å². The Labute approximate surface area is 101 Å². The van der Waals surface area contributed by atoms with Gasteiger partial charge in [0.15, 0.2) is 22.6 Å². The van der Waals surface area contributed by atoms with Crippen molar-refractivity contribution in [3.63, 3.8) is 0 Å². The highest BCUT2D eigenvalue weighted by molar-refractivity contribution is 8.14. The smallest absolute Gasteiger partial charge is 0.196 e.